The molecule has 0 saturated carbocycles. The molecule has 1 N–H and O–H groups in total. The second-order valence-electron chi connectivity index (χ2n) is 5.05. The summed E-state index contributed by atoms with van der Waals surface area (Å²) in [7, 11) is 0. The fourth-order valence-electron chi connectivity index (χ4n) is 2.13. The van der Waals surface area contributed by atoms with Crippen LogP contribution in [0.25, 0.3) is 0 Å². The first-order valence-electron chi connectivity index (χ1n) is 7.93. The van der Waals surface area contributed by atoms with Crippen molar-refractivity contribution < 1.29 is 14.5 Å². The Balaban J connectivity index is 2.22. The second kappa shape index (κ2) is 10.6. The van der Waals surface area contributed by atoms with Crippen LogP contribution in [-0.4, -0.2) is 48.5 Å². The fraction of sp³-hybridized carbons (Fsp3) is 0.562. The first-order chi connectivity index (χ1) is 11.1. The number of para-hydroxylation sites is 2. The number of benzene rings is 1. The molecule has 0 fully saturated rings. The molecule has 1 aromatic carbocycles. The molecule has 0 spiro atoms. The zero-order valence-electron chi connectivity index (χ0n) is 13.8. The van der Waals surface area contributed by atoms with Crippen LogP contribution >= 0.6 is 0 Å². The molecule has 1 rings (SSSR count). The van der Waals surface area contributed by atoms with E-state index in [9.17, 15) is 14.9 Å². The number of ether oxygens (including phenoxy) is 1. The highest BCUT2D eigenvalue weighted by Gasteiger charge is 2.13. The summed E-state index contributed by atoms with van der Waals surface area (Å²) >= 11 is 0. The maximum absolute atomic E-state index is 11.7. The first kappa shape index (κ1) is 18.9. The predicted molar refractivity (Wildman–Crippen MR) is 88.6 cm³/mol. The van der Waals surface area contributed by atoms with Gasteiger partial charge in [-0.25, -0.2) is 0 Å². The molecule has 0 aliphatic carbocycles. The van der Waals surface area contributed by atoms with Gasteiger partial charge in [0, 0.05) is 25.6 Å². The molecule has 0 saturated heterocycles. The van der Waals surface area contributed by atoms with Crippen molar-refractivity contribution in [3.63, 3.8) is 0 Å². The van der Waals surface area contributed by atoms with Crippen molar-refractivity contribution in [2.75, 3.05) is 32.8 Å². The molecule has 0 atom stereocenters. The lowest BCUT2D eigenvalue weighted by molar-refractivity contribution is -0.385. The third-order valence-corrected chi connectivity index (χ3v) is 3.51. The van der Waals surface area contributed by atoms with E-state index in [-0.39, 0.29) is 24.0 Å². The SMILES string of the molecule is CCN(CC)CCNC(=O)CCCOc1ccccc1[N+](=O)[O-]. The Labute approximate surface area is 136 Å². The van der Waals surface area contributed by atoms with Crippen molar-refractivity contribution in [1.82, 2.24) is 10.2 Å². The van der Waals surface area contributed by atoms with Gasteiger partial charge in [0.25, 0.3) is 0 Å². The van der Waals surface area contributed by atoms with Crippen LogP contribution in [0, 0.1) is 10.1 Å². The minimum atomic E-state index is -0.477. The van der Waals surface area contributed by atoms with Gasteiger partial charge in [-0.2, -0.15) is 0 Å². The van der Waals surface area contributed by atoms with E-state index in [0.29, 0.717) is 19.4 Å². The van der Waals surface area contributed by atoms with Gasteiger partial charge in [-0.3, -0.25) is 14.9 Å². The van der Waals surface area contributed by atoms with E-state index >= 15 is 0 Å². The molecule has 1 amide bonds. The largest absolute Gasteiger partial charge is 0.487 e. The Bertz CT molecular complexity index is 504. The molecule has 0 heterocycles. The van der Waals surface area contributed by atoms with E-state index in [4.69, 9.17) is 4.74 Å². The van der Waals surface area contributed by atoms with Gasteiger partial charge in [0.05, 0.1) is 11.5 Å². The number of amides is 1. The fourth-order valence-corrected chi connectivity index (χ4v) is 2.13. The average Bonchev–Trinajstić information content (AvgIpc) is 2.56. The van der Waals surface area contributed by atoms with E-state index in [2.05, 4.69) is 24.1 Å². The predicted octanol–water partition coefficient (Wildman–Crippen LogP) is 2.21. The molecular formula is C16H25N3O4. The topological polar surface area (TPSA) is 84.7 Å². The zero-order valence-corrected chi connectivity index (χ0v) is 13.8. The second-order valence-corrected chi connectivity index (χ2v) is 5.05. The van der Waals surface area contributed by atoms with E-state index in [1.165, 1.54) is 6.07 Å². The van der Waals surface area contributed by atoms with Crippen molar-refractivity contribution >= 4 is 11.6 Å². The number of carbonyl (C=O) groups excluding carboxylic acids is 1. The van der Waals surface area contributed by atoms with Crippen LogP contribution in [0.1, 0.15) is 26.7 Å². The van der Waals surface area contributed by atoms with Crippen molar-refractivity contribution in [2.45, 2.75) is 26.7 Å². The Kier molecular flexibility index (Phi) is 8.67. The first-order valence-corrected chi connectivity index (χ1v) is 7.93. The number of nitro groups is 1. The maximum Gasteiger partial charge on any atom is 0.310 e. The molecule has 7 heteroatoms. The standard InChI is InChI=1S/C16H25N3O4/c1-3-18(4-2)12-11-17-16(20)10-7-13-23-15-9-6-5-8-14(15)19(21)22/h5-6,8-9H,3-4,7,10-13H2,1-2H3,(H,17,20). The van der Waals surface area contributed by atoms with Crippen LogP contribution in [-0.2, 0) is 4.79 Å². The van der Waals surface area contributed by atoms with Crippen LogP contribution in [0.15, 0.2) is 24.3 Å². The van der Waals surface area contributed by atoms with E-state index in [1.807, 2.05) is 0 Å². The van der Waals surface area contributed by atoms with Crippen molar-refractivity contribution in [2.24, 2.45) is 0 Å². The lowest BCUT2D eigenvalue weighted by atomic mass is 10.3. The molecule has 0 aliphatic rings. The number of nitrogens with one attached hydrogen (secondary N) is 1. The normalized spacial score (nSPS) is 10.6. The monoisotopic (exact) mass is 323 g/mol. The van der Waals surface area contributed by atoms with Crippen LogP contribution in [0.3, 0.4) is 0 Å². The quantitative estimate of drug-likeness (QED) is 0.383. The molecule has 128 valence electrons. The van der Waals surface area contributed by atoms with E-state index in [1.54, 1.807) is 18.2 Å². The summed E-state index contributed by atoms with van der Waals surface area (Å²) in [5.41, 5.74) is -0.0591. The van der Waals surface area contributed by atoms with Crippen LogP contribution in [0.4, 0.5) is 5.69 Å². The van der Waals surface area contributed by atoms with Crippen LogP contribution < -0.4 is 10.1 Å². The third kappa shape index (κ3) is 7.10. The molecule has 0 bridgehead atoms. The zero-order chi connectivity index (χ0) is 17.1. The summed E-state index contributed by atoms with van der Waals surface area (Å²) in [4.78, 5) is 24.3. The minimum Gasteiger partial charge on any atom is -0.487 e. The maximum atomic E-state index is 11.7. The molecule has 0 radical (unpaired) electrons. The highest BCUT2D eigenvalue weighted by atomic mass is 16.6. The number of likely N-dealkylation sites (N-methyl/N-ethyl adjacent to an activating group) is 1. The number of nitro benzene ring substituents is 1. The smallest absolute Gasteiger partial charge is 0.310 e. The van der Waals surface area contributed by atoms with Crippen LogP contribution in [0.2, 0.25) is 0 Å². The average molecular weight is 323 g/mol. The summed E-state index contributed by atoms with van der Waals surface area (Å²) in [5.74, 6) is 0.211. The Hall–Kier alpha value is -2.15. The summed E-state index contributed by atoms with van der Waals surface area (Å²) < 4.78 is 5.40. The Morgan fingerprint density at radius 2 is 2.00 bits per heavy atom. The Morgan fingerprint density at radius 3 is 2.65 bits per heavy atom. The summed E-state index contributed by atoms with van der Waals surface area (Å²) in [5, 5.41) is 13.7. The molecule has 0 aromatic heterocycles. The molecule has 0 unspecified atom stereocenters. The Morgan fingerprint density at radius 1 is 1.30 bits per heavy atom. The lowest BCUT2D eigenvalue weighted by Gasteiger charge is -2.17. The van der Waals surface area contributed by atoms with Gasteiger partial charge in [-0.1, -0.05) is 26.0 Å². The molecule has 23 heavy (non-hydrogen) atoms. The highest BCUT2D eigenvalue weighted by Crippen LogP contribution is 2.25. The van der Waals surface area contributed by atoms with Gasteiger partial charge >= 0.3 is 5.69 Å². The number of hydrogen-bond acceptors (Lipinski definition) is 5. The number of carbonyl (C=O) groups is 1. The summed E-state index contributed by atoms with van der Waals surface area (Å²) in [6.07, 6.45) is 0.863. The number of hydrogen-bond donors (Lipinski definition) is 1. The third-order valence-electron chi connectivity index (χ3n) is 3.51. The van der Waals surface area contributed by atoms with Crippen LogP contribution in [0.5, 0.6) is 5.75 Å². The van der Waals surface area contributed by atoms with Crippen molar-refractivity contribution in [3.8, 4) is 5.75 Å². The van der Waals surface area contributed by atoms with E-state index < -0.39 is 4.92 Å². The minimum absolute atomic E-state index is 0.0247. The lowest BCUT2D eigenvalue weighted by Crippen LogP contribution is -2.34. The van der Waals surface area contributed by atoms with Crippen molar-refractivity contribution in [1.29, 1.82) is 0 Å². The summed E-state index contributed by atoms with van der Waals surface area (Å²) in [6, 6.07) is 6.23. The number of nitrogens with zero attached hydrogens (tertiary/aromatic N) is 2. The molecular weight excluding hydrogens is 298 g/mol. The van der Waals surface area contributed by atoms with Gasteiger partial charge in [-0.15, -0.1) is 0 Å². The van der Waals surface area contributed by atoms with Crippen molar-refractivity contribution in [3.05, 3.63) is 34.4 Å². The molecule has 1 aromatic rings. The highest BCUT2D eigenvalue weighted by molar-refractivity contribution is 5.75. The van der Waals surface area contributed by atoms with Gasteiger partial charge < -0.3 is 15.0 Å². The summed E-state index contributed by atoms with van der Waals surface area (Å²) in [6.45, 7) is 7.86. The van der Waals surface area contributed by atoms with Gasteiger partial charge in [0.15, 0.2) is 5.75 Å². The van der Waals surface area contributed by atoms with E-state index in [0.717, 1.165) is 19.6 Å². The van der Waals surface area contributed by atoms with Gasteiger partial charge in [-0.05, 0) is 25.6 Å². The van der Waals surface area contributed by atoms with Gasteiger partial charge in [0.2, 0.25) is 5.91 Å². The van der Waals surface area contributed by atoms with Gasteiger partial charge in [0.1, 0.15) is 0 Å². The molecule has 0 aliphatic heterocycles. The molecule has 7 nitrogen and oxygen atoms in total. The number of rotatable bonds is 11.